The van der Waals surface area contributed by atoms with Crippen LogP contribution in [0.15, 0.2) is 29.2 Å². The third-order valence-corrected chi connectivity index (χ3v) is 3.52. The lowest BCUT2D eigenvalue weighted by Gasteiger charge is -2.06. The average molecular weight is 231 g/mol. The number of carbonyl (C=O) groups is 1. The van der Waals surface area contributed by atoms with Crippen molar-refractivity contribution in [2.75, 3.05) is 5.75 Å². The van der Waals surface area contributed by atoms with Gasteiger partial charge in [0.05, 0.1) is 10.9 Å². The monoisotopic (exact) mass is 230 g/mol. The molecule has 1 aromatic carbocycles. The van der Waals surface area contributed by atoms with Crippen molar-refractivity contribution in [3.63, 3.8) is 0 Å². The Bertz CT molecular complexity index is 328. The number of hydrogen-bond donors (Lipinski definition) is 1. The maximum absolute atomic E-state index is 10.6. The molecule has 1 rings (SSSR count). The minimum atomic E-state index is -0.774. The molecule has 0 heterocycles. The largest absolute Gasteiger partial charge is 0.481 e. The Hall–Kier alpha value is -0.670. The average Bonchev–Trinajstić information content (AvgIpc) is 2.16. The standard InChI is InChI=1S/C10H11ClO2S/c1-7(10(12)13)6-14-9-5-3-2-4-8(9)11/h2-5,7H,6H2,1H3,(H,12,13). The van der Waals surface area contributed by atoms with Crippen LogP contribution >= 0.6 is 23.4 Å². The number of aliphatic carboxylic acids is 1. The number of hydrogen-bond acceptors (Lipinski definition) is 2. The molecule has 0 saturated carbocycles. The molecule has 0 aromatic heterocycles. The molecule has 76 valence electrons. The molecule has 14 heavy (non-hydrogen) atoms. The highest BCUT2D eigenvalue weighted by molar-refractivity contribution is 7.99. The fourth-order valence-electron chi connectivity index (χ4n) is 0.848. The third kappa shape index (κ3) is 3.24. The quantitative estimate of drug-likeness (QED) is 0.808. The molecule has 0 aliphatic heterocycles. The van der Waals surface area contributed by atoms with Crippen LogP contribution in [-0.4, -0.2) is 16.8 Å². The SMILES string of the molecule is CC(CSc1ccccc1Cl)C(=O)O. The highest BCUT2D eigenvalue weighted by Crippen LogP contribution is 2.27. The zero-order chi connectivity index (χ0) is 10.6. The smallest absolute Gasteiger partial charge is 0.307 e. The van der Waals surface area contributed by atoms with Crippen molar-refractivity contribution in [2.45, 2.75) is 11.8 Å². The van der Waals surface area contributed by atoms with Gasteiger partial charge in [-0.1, -0.05) is 30.7 Å². The first-order chi connectivity index (χ1) is 6.61. The van der Waals surface area contributed by atoms with Crippen molar-refractivity contribution in [3.8, 4) is 0 Å². The summed E-state index contributed by atoms with van der Waals surface area (Å²) >= 11 is 7.39. The molecule has 0 saturated heterocycles. The Morgan fingerprint density at radius 1 is 1.57 bits per heavy atom. The molecule has 1 aromatic rings. The summed E-state index contributed by atoms with van der Waals surface area (Å²) in [5, 5.41) is 9.36. The lowest BCUT2D eigenvalue weighted by molar-refractivity contribution is -0.140. The molecule has 2 nitrogen and oxygen atoms in total. The predicted molar refractivity (Wildman–Crippen MR) is 59.0 cm³/mol. The Morgan fingerprint density at radius 3 is 2.79 bits per heavy atom. The maximum atomic E-state index is 10.6. The number of benzene rings is 1. The van der Waals surface area contributed by atoms with Crippen molar-refractivity contribution in [1.29, 1.82) is 0 Å². The van der Waals surface area contributed by atoms with Crippen LogP contribution in [0.1, 0.15) is 6.92 Å². The molecule has 0 spiro atoms. The van der Waals surface area contributed by atoms with Crippen molar-refractivity contribution in [3.05, 3.63) is 29.3 Å². The van der Waals surface area contributed by atoms with Gasteiger partial charge in [0, 0.05) is 10.6 Å². The highest BCUT2D eigenvalue weighted by Gasteiger charge is 2.11. The Kier molecular flexibility index (Phi) is 4.29. The molecule has 1 atom stereocenters. The van der Waals surface area contributed by atoms with Crippen molar-refractivity contribution >= 4 is 29.3 Å². The van der Waals surface area contributed by atoms with E-state index >= 15 is 0 Å². The van der Waals surface area contributed by atoms with Crippen LogP contribution in [0.3, 0.4) is 0 Å². The van der Waals surface area contributed by atoms with Gasteiger partial charge in [0.1, 0.15) is 0 Å². The van der Waals surface area contributed by atoms with Gasteiger partial charge in [0.15, 0.2) is 0 Å². The van der Waals surface area contributed by atoms with Crippen LogP contribution in [-0.2, 0) is 4.79 Å². The van der Waals surface area contributed by atoms with Crippen LogP contribution < -0.4 is 0 Å². The van der Waals surface area contributed by atoms with Crippen molar-refractivity contribution < 1.29 is 9.90 Å². The summed E-state index contributed by atoms with van der Waals surface area (Å²) in [7, 11) is 0. The van der Waals surface area contributed by atoms with Crippen LogP contribution in [0.25, 0.3) is 0 Å². The molecule has 1 unspecified atom stereocenters. The first-order valence-electron chi connectivity index (χ1n) is 4.21. The van der Waals surface area contributed by atoms with E-state index in [0.29, 0.717) is 10.8 Å². The van der Waals surface area contributed by atoms with Gasteiger partial charge in [0.25, 0.3) is 0 Å². The summed E-state index contributed by atoms with van der Waals surface area (Å²) in [5.74, 6) is -0.583. The molecule has 0 radical (unpaired) electrons. The topological polar surface area (TPSA) is 37.3 Å². The minimum absolute atomic E-state index is 0.351. The van der Waals surface area contributed by atoms with E-state index in [9.17, 15) is 4.79 Å². The fraction of sp³-hybridized carbons (Fsp3) is 0.300. The first kappa shape index (κ1) is 11.4. The van der Waals surface area contributed by atoms with E-state index in [1.807, 2.05) is 18.2 Å². The zero-order valence-electron chi connectivity index (χ0n) is 7.74. The van der Waals surface area contributed by atoms with E-state index in [4.69, 9.17) is 16.7 Å². The van der Waals surface area contributed by atoms with Gasteiger partial charge in [-0.2, -0.15) is 0 Å². The van der Waals surface area contributed by atoms with Crippen molar-refractivity contribution in [1.82, 2.24) is 0 Å². The second-order valence-electron chi connectivity index (χ2n) is 2.98. The van der Waals surface area contributed by atoms with Crippen LogP contribution in [0.4, 0.5) is 0 Å². The molecular formula is C10H11ClO2S. The molecule has 0 amide bonds. The summed E-state index contributed by atoms with van der Waals surface area (Å²) in [4.78, 5) is 11.5. The van der Waals surface area contributed by atoms with Gasteiger partial charge in [-0.3, -0.25) is 4.79 Å². The van der Waals surface area contributed by atoms with Gasteiger partial charge >= 0.3 is 5.97 Å². The fourth-order valence-corrected chi connectivity index (χ4v) is 2.10. The first-order valence-corrected chi connectivity index (χ1v) is 5.57. The summed E-state index contributed by atoms with van der Waals surface area (Å²) in [5.41, 5.74) is 0. The van der Waals surface area contributed by atoms with Gasteiger partial charge in [-0.25, -0.2) is 0 Å². The van der Waals surface area contributed by atoms with Crippen molar-refractivity contribution in [2.24, 2.45) is 5.92 Å². The van der Waals surface area contributed by atoms with E-state index in [1.165, 1.54) is 11.8 Å². The van der Waals surface area contributed by atoms with E-state index in [0.717, 1.165) is 4.90 Å². The van der Waals surface area contributed by atoms with Crippen LogP contribution in [0.2, 0.25) is 5.02 Å². The van der Waals surface area contributed by atoms with Gasteiger partial charge in [-0.05, 0) is 12.1 Å². The van der Waals surface area contributed by atoms with E-state index in [2.05, 4.69) is 0 Å². The van der Waals surface area contributed by atoms with E-state index < -0.39 is 5.97 Å². The number of thioether (sulfide) groups is 1. The summed E-state index contributed by atoms with van der Waals surface area (Å²) < 4.78 is 0. The third-order valence-electron chi connectivity index (χ3n) is 1.75. The van der Waals surface area contributed by atoms with E-state index in [-0.39, 0.29) is 5.92 Å². The highest BCUT2D eigenvalue weighted by atomic mass is 35.5. The Balaban J connectivity index is 2.54. The molecular weight excluding hydrogens is 220 g/mol. The number of halogens is 1. The zero-order valence-corrected chi connectivity index (χ0v) is 9.31. The summed E-state index contributed by atoms with van der Waals surface area (Å²) in [6, 6.07) is 7.43. The van der Waals surface area contributed by atoms with Crippen LogP contribution in [0, 0.1) is 5.92 Å². The number of carboxylic acids is 1. The molecule has 0 bridgehead atoms. The van der Waals surface area contributed by atoms with Crippen LogP contribution in [0.5, 0.6) is 0 Å². The molecule has 0 fully saturated rings. The number of rotatable bonds is 4. The minimum Gasteiger partial charge on any atom is -0.481 e. The molecule has 4 heteroatoms. The summed E-state index contributed by atoms with van der Waals surface area (Å²) in [6.45, 7) is 1.69. The normalized spacial score (nSPS) is 12.4. The maximum Gasteiger partial charge on any atom is 0.307 e. The predicted octanol–water partition coefficient (Wildman–Crippen LogP) is 3.15. The second kappa shape index (κ2) is 5.27. The Labute approximate surface area is 92.3 Å². The second-order valence-corrected chi connectivity index (χ2v) is 4.45. The lowest BCUT2D eigenvalue weighted by atomic mass is 10.2. The van der Waals surface area contributed by atoms with E-state index in [1.54, 1.807) is 13.0 Å². The Morgan fingerprint density at radius 2 is 2.21 bits per heavy atom. The lowest BCUT2D eigenvalue weighted by Crippen LogP contribution is -2.11. The summed E-state index contributed by atoms with van der Waals surface area (Å²) in [6.07, 6.45) is 0. The van der Waals surface area contributed by atoms with Gasteiger partial charge in [-0.15, -0.1) is 11.8 Å². The number of carboxylic acid groups (broad SMARTS) is 1. The van der Waals surface area contributed by atoms with Gasteiger partial charge in [0.2, 0.25) is 0 Å². The molecule has 0 aliphatic rings. The molecule has 0 aliphatic carbocycles. The van der Waals surface area contributed by atoms with Gasteiger partial charge < -0.3 is 5.11 Å². The molecule has 1 N–H and O–H groups in total.